The topological polar surface area (TPSA) is 87.1 Å². The highest BCUT2D eigenvalue weighted by molar-refractivity contribution is 5.80. The Morgan fingerprint density at radius 3 is 2.47 bits per heavy atom. The summed E-state index contributed by atoms with van der Waals surface area (Å²) >= 11 is 0. The van der Waals surface area contributed by atoms with E-state index in [2.05, 4.69) is 6.58 Å². The van der Waals surface area contributed by atoms with Gasteiger partial charge in [-0.1, -0.05) is 25.5 Å². The van der Waals surface area contributed by atoms with Gasteiger partial charge in [0.05, 0.1) is 12.1 Å². The summed E-state index contributed by atoms with van der Waals surface area (Å²) in [7, 11) is 0. The molecule has 1 saturated carbocycles. The van der Waals surface area contributed by atoms with E-state index >= 15 is 0 Å². The molecule has 1 amide bonds. The van der Waals surface area contributed by atoms with Crippen molar-refractivity contribution in [2.75, 3.05) is 13.2 Å². The van der Waals surface area contributed by atoms with E-state index in [0.29, 0.717) is 12.8 Å². The zero-order valence-electron chi connectivity index (χ0n) is 11.2. The van der Waals surface area contributed by atoms with E-state index < -0.39 is 23.6 Å². The molecule has 19 heavy (non-hydrogen) atoms. The number of carbonyl (C=O) groups is 2. The average Bonchev–Trinajstić information content (AvgIpc) is 2.86. The van der Waals surface area contributed by atoms with Crippen LogP contribution >= 0.6 is 0 Å². The SMILES string of the molecule is C=CCOC(=O)N(C(C)C(=O)O)C1(CO)CCCC1. The lowest BCUT2D eigenvalue weighted by molar-refractivity contribution is -0.145. The molecule has 6 nitrogen and oxygen atoms in total. The molecule has 0 radical (unpaired) electrons. The van der Waals surface area contributed by atoms with Crippen molar-refractivity contribution in [1.29, 1.82) is 0 Å². The standard InChI is InChI=1S/C13H21NO5/c1-3-8-19-12(18)14(10(2)11(16)17)13(9-15)6-4-5-7-13/h3,10,15H,1,4-9H2,2H3,(H,16,17). The van der Waals surface area contributed by atoms with Gasteiger partial charge in [-0.2, -0.15) is 0 Å². The number of ether oxygens (including phenoxy) is 1. The van der Waals surface area contributed by atoms with E-state index in [9.17, 15) is 14.7 Å². The smallest absolute Gasteiger partial charge is 0.411 e. The second-order valence-electron chi connectivity index (χ2n) is 4.84. The summed E-state index contributed by atoms with van der Waals surface area (Å²) in [5, 5.41) is 18.8. The van der Waals surface area contributed by atoms with Crippen LogP contribution in [0.3, 0.4) is 0 Å². The van der Waals surface area contributed by atoms with E-state index in [4.69, 9.17) is 9.84 Å². The molecular formula is C13H21NO5. The van der Waals surface area contributed by atoms with E-state index in [-0.39, 0.29) is 13.2 Å². The molecule has 1 atom stereocenters. The van der Waals surface area contributed by atoms with Crippen molar-refractivity contribution in [1.82, 2.24) is 4.90 Å². The van der Waals surface area contributed by atoms with Gasteiger partial charge in [0.2, 0.25) is 0 Å². The van der Waals surface area contributed by atoms with E-state index in [1.165, 1.54) is 17.9 Å². The molecule has 0 aromatic carbocycles. The Kier molecular flexibility index (Phi) is 5.35. The Hall–Kier alpha value is -1.56. The first kappa shape index (κ1) is 15.5. The van der Waals surface area contributed by atoms with Crippen LogP contribution in [0.15, 0.2) is 12.7 Å². The number of carboxylic acids is 1. The summed E-state index contributed by atoms with van der Waals surface area (Å²) in [6.07, 6.45) is 3.60. The van der Waals surface area contributed by atoms with Gasteiger partial charge in [-0.15, -0.1) is 0 Å². The first-order chi connectivity index (χ1) is 8.98. The minimum atomic E-state index is -1.12. The van der Waals surface area contributed by atoms with Crippen molar-refractivity contribution in [3.8, 4) is 0 Å². The number of carboxylic acid groups (broad SMARTS) is 1. The van der Waals surface area contributed by atoms with E-state index in [1.54, 1.807) is 0 Å². The molecule has 0 saturated heterocycles. The number of hydrogen-bond donors (Lipinski definition) is 2. The second-order valence-corrected chi connectivity index (χ2v) is 4.84. The Bertz CT molecular complexity index is 349. The Morgan fingerprint density at radius 2 is 2.05 bits per heavy atom. The second kappa shape index (κ2) is 6.56. The normalized spacial score (nSPS) is 18.6. The molecular weight excluding hydrogens is 250 g/mol. The summed E-state index contributed by atoms with van der Waals surface area (Å²) in [5.41, 5.74) is -0.823. The van der Waals surface area contributed by atoms with Gasteiger partial charge in [-0.3, -0.25) is 4.90 Å². The summed E-state index contributed by atoms with van der Waals surface area (Å²) in [4.78, 5) is 24.4. The quantitative estimate of drug-likeness (QED) is 0.713. The van der Waals surface area contributed by atoms with Crippen molar-refractivity contribution in [2.24, 2.45) is 0 Å². The van der Waals surface area contributed by atoms with Gasteiger partial charge in [0.1, 0.15) is 12.6 Å². The molecule has 0 heterocycles. The third kappa shape index (κ3) is 3.26. The van der Waals surface area contributed by atoms with Crippen molar-refractivity contribution < 1.29 is 24.5 Å². The fourth-order valence-electron chi connectivity index (χ4n) is 2.58. The van der Waals surface area contributed by atoms with Crippen molar-refractivity contribution in [3.63, 3.8) is 0 Å². The van der Waals surface area contributed by atoms with E-state index in [0.717, 1.165) is 12.8 Å². The summed E-state index contributed by atoms with van der Waals surface area (Å²) in [5.74, 6) is -1.12. The van der Waals surface area contributed by atoms with Gasteiger partial charge in [0, 0.05) is 0 Å². The van der Waals surface area contributed by atoms with Gasteiger partial charge in [0.25, 0.3) is 0 Å². The number of aliphatic hydroxyl groups excluding tert-OH is 1. The average molecular weight is 271 g/mol. The van der Waals surface area contributed by atoms with Crippen LogP contribution in [0.5, 0.6) is 0 Å². The molecule has 2 N–H and O–H groups in total. The van der Waals surface area contributed by atoms with Crippen LogP contribution in [0.2, 0.25) is 0 Å². The zero-order valence-corrected chi connectivity index (χ0v) is 11.2. The molecule has 0 bridgehead atoms. The summed E-state index contributed by atoms with van der Waals surface area (Å²) < 4.78 is 4.96. The van der Waals surface area contributed by atoms with Crippen molar-refractivity contribution >= 4 is 12.1 Å². The monoisotopic (exact) mass is 271 g/mol. The van der Waals surface area contributed by atoms with Gasteiger partial charge in [-0.05, 0) is 19.8 Å². The number of aliphatic hydroxyl groups is 1. The van der Waals surface area contributed by atoms with Crippen LogP contribution in [0.25, 0.3) is 0 Å². The molecule has 108 valence electrons. The maximum Gasteiger partial charge on any atom is 0.411 e. The Morgan fingerprint density at radius 1 is 1.47 bits per heavy atom. The lowest BCUT2D eigenvalue weighted by Crippen LogP contribution is -2.58. The molecule has 0 aromatic rings. The molecule has 1 unspecified atom stereocenters. The third-order valence-corrected chi connectivity index (χ3v) is 3.61. The predicted molar refractivity (Wildman–Crippen MR) is 68.8 cm³/mol. The highest BCUT2D eigenvalue weighted by Gasteiger charge is 2.46. The van der Waals surface area contributed by atoms with Crippen LogP contribution in [0.4, 0.5) is 4.79 Å². The fourth-order valence-corrected chi connectivity index (χ4v) is 2.58. The van der Waals surface area contributed by atoms with Crippen molar-refractivity contribution in [2.45, 2.75) is 44.2 Å². The van der Waals surface area contributed by atoms with Crippen LogP contribution in [-0.4, -0.2) is 52.0 Å². The molecule has 0 aromatic heterocycles. The largest absolute Gasteiger partial charge is 0.480 e. The van der Waals surface area contributed by atoms with Gasteiger partial charge >= 0.3 is 12.1 Å². The van der Waals surface area contributed by atoms with Crippen LogP contribution in [0.1, 0.15) is 32.6 Å². The maximum absolute atomic E-state index is 12.1. The van der Waals surface area contributed by atoms with Crippen LogP contribution in [0, 0.1) is 0 Å². The Balaban J connectivity index is 2.99. The molecule has 0 spiro atoms. The summed E-state index contributed by atoms with van der Waals surface area (Å²) in [6, 6.07) is -1.04. The number of nitrogens with zero attached hydrogens (tertiary/aromatic N) is 1. The molecule has 0 aliphatic heterocycles. The van der Waals surface area contributed by atoms with Crippen LogP contribution in [-0.2, 0) is 9.53 Å². The first-order valence-corrected chi connectivity index (χ1v) is 6.39. The van der Waals surface area contributed by atoms with Crippen molar-refractivity contribution in [3.05, 3.63) is 12.7 Å². The van der Waals surface area contributed by atoms with Gasteiger partial charge < -0.3 is 14.9 Å². The maximum atomic E-state index is 12.1. The predicted octanol–water partition coefficient (Wildman–Crippen LogP) is 1.39. The fraction of sp³-hybridized carbons (Fsp3) is 0.692. The highest BCUT2D eigenvalue weighted by Crippen LogP contribution is 2.36. The number of amides is 1. The number of rotatable bonds is 6. The molecule has 1 rings (SSSR count). The lowest BCUT2D eigenvalue weighted by Gasteiger charge is -2.41. The lowest BCUT2D eigenvalue weighted by atomic mass is 9.94. The molecule has 1 aliphatic rings. The van der Waals surface area contributed by atoms with Gasteiger partial charge in [0.15, 0.2) is 0 Å². The molecule has 1 aliphatic carbocycles. The highest BCUT2D eigenvalue weighted by atomic mass is 16.6. The third-order valence-electron chi connectivity index (χ3n) is 3.61. The first-order valence-electron chi connectivity index (χ1n) is 6.39. The van der Waals surface area contributed by atoms with Crippen LogP contribution < -0.4 is 0 Å². The number of hydrogen-bond acceptors (Lipinski definition) is 4. The Labute approximate surface area is 112 Å². The number of aliphatic carboxylic acids is 1. The van der Waals surface area contributed by atoms with Gasteiger partial charge in [-0.25, -0.2) is 9.59 Å². The number of carbonyl (C=O) groups excluding carboxylic acids is 1. The zero-order chi connectivity index (χ0) is 14.5. The van der Waals surface area contributed by atoms with E-state index in [1.807, 2.05) is 0 Å². The molecule has 1 fully saturated rings. The minimum Gasteiger partial charge on any atom is -0.480 e. The minimum absolute atomic E-state index is 0.0170. The summed E-state index contributed by atoms with van der Waals surface area (Å²) in [6.45, 7) is 4.63. The molecule has 6 heteroatoms.